The molecular weight excluding hydrogens is 476 g/mol. The third kappa shape index (κ3) is 4.31. The molecule has 5 nitrogen and oxygen atoms in total. The van der Waals surface area contributed by atoms with E-state index in [-0.39, 0.29) is 24.6 Å². The number of nitrogens with one attached hydrogen (secondary N) is 1. The van der Waals surface area contributed by atoms with Crippen LogP contribution in [0.15, 0.2) is 63.4 Å². The standard InChI is InChI=1S/C21H14BrF2N3O2S/c22-19-8-7-18(30-19)16-10-21(29)27(17-4-2-1-3-15(17)26-16)11-20(28)25-12-5-6-13(23)14(24)9-12/h1-9H,10-11H2,(H,25,28). The van der Waals surface area contributed by atoms with E-state index in [1.54, 1.807) is 24.3 Å². The molecule has 2 amide bonds. The Bertz CT molecular complexity index is 1180. The summed E-state index contributed by atoms with van der Waals surface area (Å²) in [6.45, 7) is -0.286. The van der Waals surface area contributed by atoms with Crippen LogP contribution in [-0.2, 0) is 9.59 Å². The minimum Gasteiger partial charge on any atom is -0.324 e. The van der Waals surface area contributed by atoms with Crippen LogP contribution >= 0.6 is 27.3 Å². The number of halogens is 3. The molecule has 9 heteroatoms. The summed E-state index contributed by atoms with van der Waals surface area (Å²) in [5.74, 6) is -2.89. The summed E-state index contributed by atoms with van der Waals surface area (Å²) >= 11 is 4.89. The number of anilines is 2. The van der Waals surface area contributed by atoms with E-state index >= 15 is 0 Å². The maximum absolute atomic E-state index is 13.4. The topological polar surface area (TPSA) is 61.8 Å². The monoisotopic (exact) mass is 489 g/mol. The zero-order chi connectivity index (χ0) is 21.3. The molecule has 0 saturated carbocycles. The molecule has 1 aliphatic heterocycles. The number of carbonyl (C=O) groups excluding carboxylic acids is 2. The van der Waals surface area contributed by atoms with Gasteiger partial charge in [-0.3, -0.25) is 9.59 Å². The van der Waals surface area contributed by atoms with Crippen LogP contribution in [0.1, 0.15) is 11.3 Å². The Kier molecular flexibility index (Phi) is 5.74. The van der Waals surface area contributed by atoms with E-state index in [4.69, 9.17) is 0 Å². The fraction of sp³-hybridized carbons (Fsp3) is 0.0952. The van der Waals surface area contributed by atoms with Crippen molar-refractivity contribution in [2.75, 3.05) is 16.8 Å². The molecule has 152 valence electrons. The summed E-state index contributed by atoms with van der Waals surface area (Å²) in [6.07, 6.45) is 0.0279. The highest BCUT2D eigenvalue weighted by Crippen LogP contribution is 2.34. The van der Waals surface area contributed by atoms with E-state index in [0.717, 1.165) is 20.8 Å². The molecule has 0 bridgehead atoms. The van der Waals surface area contributed by atoms with Crippen LogP contribution in [0.2, 0.25) is 0 Å². The van der Waals surface area contributed by atoms with Crippen LogP contribution in [0.5, 0.6) is 0 Å². The van der Waals surface area contributed by atoms with Crippen molar-refractivity contribution in [1.82, 2.24) is 0 Å². The molecule has 30 heavy (non-hydrogen) atoms. The lowest BCUT2D eigenvalue weighted by molar-refractivity contribution is -0.120. The van der Waals surface area contributed by atoms with Gasteiger partial charge in [-0.05, 0) is 52.3 Å². The van der Waals surface area contributed by atoms with E-state index in [0.29, 0.717) is 17.1 Å². The summed E-state index contributed by atoms with van der Waals surface area (Å²) in [5.41, 5.74) is 1.80. The second kappa shape index (κ2) is 8.45. The maximum Gasteiger partial charge on any atom is 0.244 e. The van der Waals surface area contributed by atoms with Gasteiger partial charge >= 0.3 is 0 Å². The molecule has 0 radical (unpaired) electrons. The zero-order valence-corrected chi connectivity index (χ0v) is 17.8. The predicted octanol–water partition coefficient (Wildman–Crippen LogP) is 5.29. The van der Waals surface area contributed by atoms with Crippen LogP contribution < -0.4 is 10.2 Å². The second-order valence-electron chi connectivity index (χ2n) is 6.48. The summed E-state index contributed by atoms with van der Waals surface area (Å²) in [6, 6.07) is 13.9. The highest BCUT2D eigenvalue weighted by molar-refractivity contribution is 9.11. The number of amides is 2. The summed E-state index contributed by atoms with van der Waals surface area (Å²) in [4.78, 5) is 32.4. The van der Waals surface area contributed by atoms with Crippen molar-refractivity contribution in [3.8, 4) is 0 Å². The number of hydrogen-bond acceptors (Lipinski definition) is 4. The molecule has 0 fully saturated rings. The molecular formula is C21H14BrF2N3O2S. The van der Waals surface area contributed by atoms with Gasteiger partial charge in [0.2, 0.25) is 11.8 Å². The average molecular weight is 490 g/mol. The number of rotatable bonds is 4. The fourth-order valence-corrected chi connectivity index (χ4v) is 4.42. The van der Waals surface area contributed by atoms with Gasteiger partial charge < -0.3 is 10.2 Å². The SMILES string of the molecule is O=C(CN1C(=O)CC(c2ccc(Br)s2)=Nc2ccccc21)Nc1ccc(F)c(F)c1. The molecule has 4 rings (SSSR count). The van der Waals surface area contributed by atoms with Gasteiger partial charge in [0.15, 0.2) is 11.6 Å². The molecule has 0 atom stereocenters. The normalized spacial score (nSPS) is 13.5. The van der Waals surface area contributed by atoms with Gasteiger partial charge in [-0.25, -0.2) is 13.8 Å². The van der Waals surface area contributed by atoms with Crippen LogP contribution in [0, 0.1) is 11.6 Å². The minimum absolute atomic E-state index is 0.0279. The van der Waals surface area contributed by atoms with Crippen molar-refractivity contribution < 1.29 is 18.4 Å². The molecule has 1 aromatic heterocycles. The molecule has 2 heterocycles. The third-order valence-corrected chi connectivity index (χ3v) is 6.08. The van der Waals surface area contributed by atoms with Crippen molar-refractivity contribution in [1.29, 1.82) is 0 Å². The lowest BCUT2D eigenvalue weighted by Gasteiger charge is -2.21. The van der Waals surface area contributed by atoms with E-state index in [2.05, 4.69) is 26.2 Å². The van der Waals surface area contributed by atoms with E-state index in [1.807, 2.05) is 12.1 Å². The number of hydrogen-bond donors (Lipinski definition) is 1. The third-order valence-electron chi connectivity index (χ3n) is 4.41. The Balaban J connectivity index is 1.59. The molecule has 0 spiro atoms. The molecule has 2 aromatic carbocycles. The fourth-order valence-electron chi connectivity index (χ4n) is 3.05. The van der Waals surface area contributed by atoms with Gasteiger partial charge in [0.1, 0.15) is 6.54 Å². The van der Waals surface area contributed by atoms with Crippen molar-refractivity contribution in [3.63, 3.8) is 0 Å². The molecule has 0 aliphatic carbocycles. The highest BCUT2D eigenvalue weighted by Gasteiger charge is 2.27. The highest BCUT2D eigenvalue weighted by atomic mass is 79.9. The van der Waals surface area contributed by atoms with Gasteiger partial charge in [0.25, 0.3) is 0 Å². The van der Waals surface area contributed by atoms with Crippen LogP contribution in [-0.4, -0.2) is 24.1 Å². The maximum atomic E-state index is 13.4. The first kappa shape index (κ1) is 20.4. The Labute approximate surface area is 183 Å². The van der Waals surface area contributed by atoms with E-state index in [1.165, 1.54) is 22.3 Å². The number of para-hydroxylation sites is 2. The summed E-state index contributed by atoms with van der Waals surface area (Å²) in [5, 5.41) is 2.49. The van der Waals surface area contributed by atoms with Gasteiger partial charge in [-0.1, -0.05) is 12.1 Å². The van der Waals surface area contributed by atoms with Gasteiger partial charge in [0, 0.05) is 11.8 Å². The quantitative estimate of drug-likeness (QED) is 0.541. The molecule has 1 N–H and O–H groups in total. The first-order valence-electron chi connectivity index (χ1n) is 8.88. The molecule has 3 aromatic rings. The van der Waals surface area contributed by atoms with Crippen LogP contribution in [0.3, 0.4) is 0 Å². The minimum atomic E-state index is -1.07. The first-order chi connectivity index (χ1) is 14.4. The summed E-state index contributed by atoms with van der Waals surface area (Å²) in [7, 11) is 0. The number of aliphatic imine (C=N–C) groups is 1. The lowest BCUT2D eigenvalue weighted by atomic mass is 10.2. The van der Waals surface area contributed by atoms with E-state index < -0.39 is 17.5 Å². The largest absolute Gasteiger partial charge is 0.324 e. The zero-order valence-electron chi connectivity index (χ0n) is 15.4. The predicted molar refractivity (Wildman–Crippen MR) is 117 cm³/mol. The molecule has 1 aliphatic rings. The number of fused-ring (bicyclic) bond motifs is 1. The average Bonchev–Trinajstić information content (AvgIpc) is 3.09. The Morgan fingerprint density at radius 2 is 1.93 bits per heavy atom. The summed E-state index contributed by atoms with van der Waals surface area (Å²) < 4.78 is 27.4. The van der Waals surface area contributed by atoms with Gasteiger partial charge in [-0.2, -0.15) is 0 Å². The van der Waals surface area contributed by atoms with Crippen molar-refractivity contribution in [2.45, 2.75) is 6.42 Å². The Hall–Kier alpha value is -2.91. The Morgan fingerprint density at radius 1 is 1.13 bits per heavy atom. The Morgan fingerprint density at radius 3 is 2.67 bits per heavy atom. The smallest absolute Gasteiger partial charge is 0.244 e. The lowest BCUT2D eigenvalue weighted by Crippen LogP contribution is -2.38. The second-order valence-corrected chi connectivity index (χ2v) is 8.95. The number of thiophene rings is 1. The molecule has 0 unspecified atom stereocenters. The van der Waals surface area contributed by atoms with Crippen LogP contribution in [0.25, 0.3) is 0 Å². The number of nitrogens with zero attached hydrogens (tertiary/aromatic N) is 2. The van der Waals surface area contributed by atoms with E-state index in [9.17, 15) is 18.4 Å². The van der Waals surface area contributed by atoms with Gasteiger partial charge in [-0.15, -0.1) is 11.3 Å². The van der Waals surface area contributed by atoms with Crippen molar-refractivity contribution in [3.05, 3.63) is 74.9 Å². The first-order valence-corrected chi connectivity index (χ1v) is 10.5. The molecule has 0 saturated heterocycles. The number of carbonyl (C=O) groups is 2. The van der Waals surface area contributed by atoms with Crippen molar-refractivity contribution >= 4 is 61.9 Å². The van der Waals surface area contributed by atoms with Crippen LogP contribution in [0.4, 0.5) is 25.8 Å². The van der Waals surface area contributed by atoms with Crippen molar-refractivity contribution in [2.24, 2.45) is 4.99 Å². The number of benzene rings is 2. The van der Waals surface area contributed by atoms with Gasteiger partial charge in [0.05, 0.1) is 32.2 Å².